The van der Waals surface area contributed by atoms with Gasteiger partial charge in [0, 0.05) is 35.0 Å². The molecule has 7 heteroatoms. The number of carbonyl (C=O) groups is 2. The summed E-state index contributed by atoms with van der Waals surface area (Å²) in [6, 6.07) is 28.7. The molecule has 0 saturated heterocycles. The van der Waals surface area contributed by atoms with Crippen LogP contribution in [0.4, 0.5) is 5.69 Å². The number of halogens is 1. The smallest absolute Gasteiger partial charge is 0.333 e. The van der Waals surface area contributed by atoms with Crippen LogP contribution < -0.4 is 5.32 Å². The third kappa shape index (κ3) is 6.31. The van der Waals surface area contributed by atoms with Crippen LogP contribution in [0.1, 0.15) is 27.2 Å². The van der Waals surface area contributed by atoms with Crippen LogP contribution in [0.15, 0.2) is 120 Å². The van der Waals surface area contributed by atoms with Gasteiger partial charge in [0.2, 0.25) is 0 Å². The number of amides is 1. The number of nitrogens with one attached hydrogen (secondary N) is 1. The Labute approximate surface area is 213 Å². The molecule has 0 aliphatic rings. The van der Waals surface area contributed by atoms with E-state index in [0.717, 1.165) is 11.1 Å². The number of hydrogen-bond acceptors (Lipinski definition) is 4. The molecule has 4 rings (SSSR count). The first-order valence-electron chi connectivity index (χ1n) is 11.1. The van der Waals surface area contributed by atoms with E-state index in [2.05, 4.69) is 15.3 Å². The van der Waals surface area contributed by atoms with Gasteiger partial charge in [-0.1, -0.05) is 78.3 Å². The van der Waals surface area contributed by atoms with E-state index in [9.17, 15) is 14.7 Å². The van der Waals surface area contributed by atoms with Gasteiger partial charge in [-0.15, -0.1) is 0 Å². The summed E-state index contributed by atoms with van der Waals surface area (Å²) in [4.78, 5) is 33.5. The Bertz CT molecular complexity index is 1420. The van der Waals surface area contributed by atoms with Gasteiger partial charge in [-0.2, -0.15) is 0 Å². The van der Waals surface area contributed by atoms with Crippen LogP contribution in [0.3, 0.4) is 0 Å². The number of anilines is 1. The molecule has 6 nitrogen and oxygen atoms in total. The number of carboxylic acids is 1. The monoisotopic (exact) mass is 495 g/mol. The van der Waals surface area contributed by atoms with Crippen LogP contribution in [0.2, 0.25) is 5.02 Å². The molecule has 178 valence electrons. The number of pyridine rings is 1. The Morgan fingerprint density at radius 2 is 1.58 bits per heavy atom. The maximum absolute atomic E-state index is 12.8. The Morgan fingerprint density at radius 1 is 0.889 bits per heavy atom. The molecule has 0 atom stereocenters. The molecular weight excluding hydrogens is 474 g/mol. The van der Waals surface area contributed by atoms with Crippen LogP contribution in [0.5, 0.6) is 0 Å². The zero-order chi connectivity index (χ0) is 25.3. The van der Waals surface area contributed by atoms with E-state index < -0.39 is 5.97 Å². The fourth-order valence-corrected chi connectivity index (χ4v) is 3.64. The van der Waals surface area contributed by atoms with Gasteiger partial charge in [0.25, 0.3) is 5.91 Å². The number of hydrogen-bond donors (Lipinski definition) is 2. The highest BCUT2D eigenvalue weighted by molar-refractivity contribution is 6.30. The van der Waals surface area contributed by atoms with Crippen molar-refractivity contribution in [1.82, 2.24) is 4.98 Å². The van der Waals surface area contributed by atoms with Crippen molar-refractivity contribution in [3.05, 3.63) is 142 Å². The molecule has 1 amide bonds. The van der Waals surface area contributed by atoms with Crippen molar-refractivity contribution in [3.8, 4) is 0 Å². The molecule has 4 aromatic rings. The summed E-state index contributed by atoms with van der Waals surface area (Å²) in [6.45, 7) is 0. The number of aromatic nitrogens is 1. The van der Waals surface area contributed by atoms with Crippen LogP contribution in [0, 0.1) is 0 Å². The van der Waals surface area contributed by atoms with Crippen molar-refractivity contribution >= 4 is 34.9 Å². The topological polar surface area (TPSA) is 91.6 Å². The molecule has 0 unspecified atom stereocenters. The molecule has 2 N–H and O–H groups in total. The number of aliphatic carboxylic acids is 1. The van der Waals surface area contributed by atoms with E-state index in [-0.39, 0.29) is 23.6 Å². The van der Waals surface area contributed by atoms with E-state index in [1.165, 1.54) is 6.20 Å². The van der Waals surface area contributed by atoms with Crippen LogP contribution in [0.25, 0.3) is 0 Å². The summed E-state index contributed by atoms with van der Waals surface area (Å²) in [5.41, 5.74) is 3.64. The highest BCUT2D eigenvalue weighted by Crippen LogP contribution is 2.22. The van der Waals surface area contributed by atoms with Crippen molar-refractivity contribution in [2.24, 2.45) is 4.99 Å². The molecule has 1 aromatic heterocycles. The van der Waals surface area contributed by atoms with Crippen molar-refractivity contribution < 1.29 is 14.7 Å². The van der Waals surface area contributed by atoms with Crippen LogP contribution >= 0.6 is 11.6 Å². The zero-order valence-electron chi connectivity index (χ0n) is 19.1. The van der Waals surface area contributed by atoms with Gasteiger partial charge in [-0.05, 0) is 35.9 Å². The second kappa shape index (κ2) is 11.7. The van der Waals surface area contributed by atoms with E-state index in [1.54, 1.807) is 60.8 Å². The summed E-state index contributed by atoms with van der Waals surface area (Å²) in [6.07, 6.45) is 3.09. The zero-order valence-corrected chi connectivity index (χ0v) is 19.9. The number of nitrogens with zero attached hydrogens (tertiary/aromatic N) is 2. The fraction of sp³-hybridized carbons (Fsp3) is 0.0345. The molecule has 0 radical (unpaired) electrons. The predicted octanol–water partition coefficient (Wildman–Crippen LogP) is 6.04. The third-order valence-corrected chi connectivity index (χ3v) is 5.56. The van der Waals surface area contributed by atoms with Gasteiger partial charge in [-0.3, -0.25) is 14.8 Å². The lowest BCUT2D eigenvalue weighted by molar-refractivity contribution is -0.132. The minimum absolute atomic E-state index is 0.112. The first-order valence-corrected chi connectivity index (χ1v) is 11.5. The summed E-state index contributed by atoms with van der Waals surface area (Å²) < 4.78 is 0. The molecule has 0 aliphatic carbocycles. The normalized spacial score (nSPS) is 11.7. The third-order valence-electron chi connectivity index (χ3n) is 5.31. The maximum atomic E-state index is 12.8. The molecule has 3 aromatic carbocycles. The fourth-order valence-electron chi connectivity index (χ4n) is 3.52. The Hall–Kier alpha value is -4.55. The molecule has 36 heavy (non-hydrogen) atoms. The second-order valence-corrected chi connectivity index (χ2v) is 8.26. The summed E-state index contributed by atoms with van der Waals surface area (Å²) in [7, 11) is 0. The lowest BCUT2D eigenvalue weighted by Crippen LogP contribution is -2.16. The van der Waals surface area contributed by atoms with Gasteiger partial charge >= 0.3 is 5.97 Å². The molecule has 0 bridgehead atoms. The number of para-hydroxylation sites is 1. The van der Waals surface area contributed by atoms with Gasteiger partial charge in [0.15, 0.2) is 0 Å². The van der Waals surface area contributed by atoms with Crippen molar-refractivity contribution in [2.75, 3.05) is 5.32 Å². The molecular formula is C29H22ClN3O3. The summed E-state index contributed by atoms with van der Waals surface area (Å²) in [5, 5.41) is 13.3. The van der Waals surface area contributed by atoms with Gasteiger partial charge in [0.1, 0.15) is 5.69 Å². The number of aliphatic imine (C=N–C) groups is 1. The average molecular weight is 496 g/mol. The van der Waals surface area contributed by atoms with Crippen molar-refractivity contribution in [1.29, 1.82) is 0 Å². The molecule has 0 saturated carbocycles. The van der Waals surface area contributed by atoms with Crippen molar-refractivity contribution in [3.63, 3.8) is 0 Å². The number of rotatable bonds is 8. The van der Waals surface area contributed by atoms with E-state index in [1.807, 2.05) is 42.5 Å². The van der Waals surface area contributed by atoms with E-state index in [0.29, 0.717) is 22.0 Å². The van der Waals surface area contributed by atoms with Crippen LogP contribution in [-0.4, -0.2) is 27.7 Å². The predicted molar refractivity (Wildman–Crippen MR) is 142 cm³/mol. The first-order chi connectivity index (χ1) is 17.5. The quantitative estimate of drug-likeness (QED) is 0.230. The minimum atomic E-state index is -1.07. The highest BCUT2D eigenvalue weighted by atomic mass is 35.5. The van der Waals surface area contributed by atoms with E-state index in [4.69, 9.17) is 11.6 Å². The van der Waals surface area contributed by atoms with Crippen LogP contribution in [-0.2, 0) is 11.2 Å². The standard InChI is InChI=1S/C29H22ClN3O3/c30-23-15-13-20(14-16-23)18-22(29(35)36)19-32-27(21-8-2-1-3-9-21)24-10-4-5-11-25(24)33-28(34)26-12-6-7-17-31-26/h1-17,19H,18H2,(H,33,34)(H,35,36)/b22-19-,32-27?. The summed E-state index contributed by atoms with van der Waals surface area (Å²) in [5.74, 6) is -1.43. The highest BCUT2D eigenvalue weighted by Gasteiger charge is 2.15. The SMILES string of the molecule is O=C(O)/C(=C\N=C(c1ccccc1)c1ccccc1NC(=O)c1ccccn1)Cc1ccc(Cl)cc1. The molecule has 0 fully saturated rings. The Balaban J connectivity index is 1.75. The van der Waals surface area contributed by atoms with Gasteiger partial charge in [-0.25, -0.2) is 4.79 Å². The Morgan fingerprint density at radius 3 is 2.28 bits per heavy atom. The molecule has 1 heterocycles. The summed E-state index contributed by atoms with van der Waals surface area (Å²) >= 11 is 5.95. The molecule has 0 aliphatic heterocycles. The second-order valence-electron chi connectivity index (χ2n) is 7.82. The van der Waals surface area contributed by atoms with Gasteiger partial charge in [0.05, 0.1) is 17.0 Å². The van der Waals surface area contributed by atoms with E-state index >= 15 is 0 Å². The number of benzene rings is 3. The van der Waals surface area contributed by atoms with Gasteiger partial charge < -0.3 is 10.4 Å². The largest absolute Gasteiger partial charge is 0.478 e. The first kappa shape index (κ1) is 24.6. The number of carbonyl (C=O) groups excluding carboxylic acids is 1. The van der Waals surface area contributed by atoms with Crippen molar-refractivity contribution in [2.45, 2.75) is 6.42 Å². The number of carboxylic acid groups (broad SMARTS) is 1. The maximum Gasteiger partial charge on any atom is 0.333 e. The minimum Gasteiger partial charge on any atom is -0.478 e. The lowest BCUT2D eigenvalue weighted by Gasteiger charge is -2.13. The Kier molecular flexibility index (Phi) is 8.01. The average Bonchev–Trinajstić information content (AvgIpc) is 2.91. The lowest BCUT2D eigenvalue weighted by atomic mass is 10.00. The molecule has 0 spiro atoms.